The van der Waals surface area contributed by atoms with Crippen molar-refractivity contribution in [2.45, 2.75) is 6.92 Å². The second-order valence-corrected chi connectivity index (χ2v) is 8.84. The maximum Gasteiger partial charge on any atom is 0.211 e. The van der Waals surface area contributed by atoms with Gasteiger partial charge in [-0.3, -0.25) is 4.79 Å². The molecule has 3 aromatic heterocycles. The summed E-state index contributed by atoms with van der Waals surface area (Å²) in [4.78, 5) is 18.5. The number of anilines is 1. The Kier molecular flexibility index (Phi) is 6.35. The van der Waals surface area contributed by atoms with Crippen molar-refractivity contribution in [1.29, 1.82) is 0 Å². The van der Waals surface area contributed by atoms with Crippen molar-refractivity contribution >= 4 is 28.3 Å². The van der Waals surface area contributed by atoms with Crippen LogP contribution in [0.3, 0.4) is 0 Å². The van der Waals surface area contributed by atoms with Gasteiger partial charge in [-0.05, 0) is 61.5 Å². The zero-order valence-electron chi connectivity index (χ0n) is 20.1. The van der Waals surface area contributed by atoms with Crippen LogP contribution in [0.5, 0.6) is 17.2 Å². The molecule has 0 aliphatic carbocycles. The molecule has 0 atom stereocenters. The third-order valence-corrected chi connectivity index (χ3v) is 6.78. The molecule has 0 aliphatic heterocycles. The molecule has 0 radical (unpaired) electrons. The van der Waals surface area contributed by atoms with Crippen LogP contribution in [-0.2, 0) is 0 Å². The van der Waals surface area contributed by atoms with Gasteiger partial charge in [0.2, 0.25) is 5.78 Å². The SMILES string of the molecule is CCOc1ccc(C(=O)c2c(N)c(-c3nc(-c4cc(OC)ccc4OC)cs3)c3ccccn23)cc1. The van der Waals surface area contributed by atoms with E-state index in [-0.39, 0.29) is 5.78 Å². The molecule has 0 fully saturated rings. The fourth-order valence-electron chi connectivity index (χ4n) is 4.22. The van der Waals surface area contributed by atoms with E-state index in [4.69, 9.17) is 24.9 Å². The zero-order valence-corrected chi connectivity index (χ0v) is 21.0. The van der Waals surface area contributed by atoms with Crippen LogP contribution in [0.25, 0.3) is 27.3 Å². The molecule has 2 aromatic carbocycles. The van der Waals surface area contributed by atoms with Gasteiger partial charge in [0.25, 0.3) is 0 Å². The summed E-state index contributed by atoms with van der Waals surface area (Å²) in [5.74, 6) is 1.94. The molecule has 5 aromatic rings. The quantitative estimate of drug-likeness (QED) is 0.265. The first-order valence-corrected chi connectivity index (χ1v) is 12.3. The van der Waals surface area contributed by atoms with E-state index in [9.17, 15) is 4.79 Å². The number of methoxy groups -OCH3 is 2. The number of ketones is 1. The lowest BCUT2D eigenvalue weighted by molar-refractivity contribution is 0.103. The van der Waals surface area contributed by atoms with Gasteiger partial charge in [-0.25, -0.2) is 4.98 Å². The summed E-state index contributed by atoms with van der Waals surface area (Å²) < 4.78 is 18.3. The summed E-state index contributed by atoms with van der Waals surface area (Å²) in [5, 5.41) is 2.66. The van der Waals surface area contributed by atoms with Crippen molar-refractivity contribution < 1.29 is 19.0 Å². The molecule has 0 saturated carbocycles. The van der Waals surface area contributed by atoms with E-state index in [1.54, 1.807) is 38.5 Å². The van der Waals surface area contributed by atoms with Gasteiger partial charge in [-0.1, -0.05) is 6.07 Å². The summed E-state index contributed by atoms with van der Waals surface area (Å²) in [7, 11) is 3.24. The van der Waals surface area contributed by atoms with E-state index in [0.29, 0.717) is 45.8 Å². The molecule has 8 heteroatoms. The van der Waals surface area contributed by atoms with Gasteiger partial charge in [0.05, 0.1) is 43.3 Å². The number of nitrogens with two attached hydrogens (primary N) is 1. The Labute approximate surface area is 212 Å². The first-order valence-electron chi connectivity index (χ1n) is 11.4. The van der Waals surface area contributed by atoms with E-state index in [0.717, 1.165) is 22.3 Å². The van der Waals surface area contributed by atoms with Gasteiger partial charge in [0.15, 0.2) is 0 Å². The maximum absolute atomic E-state index is 13.6. The average Bonchev–Trinajstić information content (AvgIpc) is 3.50. The van der Waals surface area contributed by atoms with Crippen molar-refractivity contribution in [2.75, 3.05) is 26.6 Å². The van der Waals surface area contributed by atoms with Gasteiger partial charge >= 0.3 is 0 Å². The summed E-state index contributed by atoms with van der Waals surface area (Å²) in [6.45, 7) is 2.48. The van der Waals surface area contributed by atoms with Gasteiger partial charge < -0.3 is 24.3 Å². The Morgan fingerprint density at radius 1 is 1.03 bits per heavy atom. The molecular formula is C28H25N3O4S. The number of aromatic nitrogens is 2. The number of rotatable bonds is 8. The Morgan fingerprint density at radius 3 is 2.53 bits per heavy atom. The Hall–Kier alpha value is -4.30. The van der Waals surface area contributed by atoms with Crippen molar-refractivity contribution in [3.63, 3.8) is 0 Å². The van der Waals surface area contributed by atoms with E-state index in [1.807, 2.05) is 59.3 Å². The average molecular weight is 500 g/mol. The maximum atomic E-state index is 13.6. The number of ether oxygens (including phenoxy) is 3. The number of benzene rings is 2. The second-order valence-electron chi connectivity index (χ2n) is 7.98. The third kappa shape index (κ3) is 4.05. The number of hydrogen-bond donors (Lipinski definition) is 1. The van der Waals surface area contributed by atoms with Crippen molar-refractivity contribution in [2.24, 2.45) is 0 Å². The number of hydrogen-bond acceptors (Lipinski definition) is 7. The highest BCUT2D eigenvalue weighted by atomic mass is 32.1. The highest BCUT2D eigenvalue weighted by Crippen LogP contribution is 2.41. The molecular weight excluding hydrogens is 474 g/mol. The topological polar surface area (TPSA) is 88.1 Å². The molecule has 5 rings (SSSR count). The largest absolute Gasteiger partial charge is 0.497 e. The summed E-state index contributed by atoms with van der Waals surface area (Å²) in [6.07, 6.45) is 1.84. The molecule has 2 N–H and O–H groups in total. The Morgan fingerprint density at radius 2 is 1.81 bits per heavy atom. The molecule has 0 spiro atoms. The molecule has 0 aliphatic rings. The lowest BCUT2D eigenvalue weighted by Gasteiger charge is -2.08. The van der Waals surface area contributed by atoms with Gasteiger partial charge in [-0.2, -0.15) is 0 Å². The second kappa shape index (κ2) is 9.75. The first kappa shape index (κ1) is 23.4. The van der Waals surface area contributed by atoms with Crippen LogP contribution >= 0.6 is 11.3 Å². The lowest BCUT2D eigenvalue weighted by atomic mass is 10.1. The molecule has 3 heterocycles. The first-order chi connectivity index (χ1) is 17.5. The van der Waals surface area contributed by atoms with E-state index in [1.165, 1.54) is 11.3 Å². The minimum Gasteiger partial charge on any atom is -0.497 e. The molecule has 0 saturated heterocycles. The summed E-state index contributed by atoms with van der Waals surface area (Å²) >= 11 is 1.46. The predicted molar refractivity (Wildman–Crippen MR) is 143 cm³/mol. The number of carbonyl (C=O) groups is 1. The molecule has 0 amide bonds. The smallest absolute Gasteiger partial charge is 0.211 e. The van der Waals surface area contributed by atoms with Gasteiger partial charge in [0.1, 0.15) is 28.0 Å². The number of fused-ring (bicyclic) bond motifs is 1. The van der Waals surface area contributed by atoms with Crippen LogP contribution in [0.4, 0.5) is 5.69 Å². The van der Waals surface area contributed by atoms with Crippen molar-refractivity contribution in [3.05, 3.63) is 83.5 Å². The molecule has 0 bridgehead atoms. The fraction of sp³-hybridized carbons (Fsp3) is 0.143. The van der Waals surface area contributed by atoms with Crippen LogP contribution in [0.2, 0.25) is 0 Å². The third-order valence-electron chi connectivity index (χ3n) is 5.92. The van der Waals surface area contributed by atoms with Crippen LogP contribution < -0.4 is 19.9 Å². The normalized spacial score (nSPS) is 11.0. The molecule has 182 valence electrons. The monoisotopic (exact) mass is 499 g/mol. The summed E-state index contributed by atoms with van der Waals surface area (Å²) in [5.41, 5.74) is 11.1. The van der Waals surface area contributed by atoms with Gasteiger partial charge in [0, 0.05) is 22.7 Å². The minimum absolute atomic E-state index is 0.172. The Balaban J connectivity index is 1.61. The van der Waals surface area contributed by atoms with Crippen molar-refractivity contribution in [3.8, 4) is 39.1 Å². The van der Waals surface area contributed by atoms with Crippen LogP contribution in [0.15, 0.2) is 72.2 Å². The van der Waals surface area contributed by atoms with Crippen molar-refractivity contribution in [1.82, 2.24) is 9.38 Å². The molecule has 0 unspecified atom stereocenters. The van der Waals surface area contributed by atoms with Gasteiger partial charge in [-0.15, -0.1) is 11.3 Å². The van der Waals surface area contributed by atoms with E-state index >= 15 is 0 Å². The Bertz CT molecular complexity index is 1550. The number of thiazole rings is 1. The molecule has 36 heavy (non-hydrogen) atoms. The highest BCUT2D eigenvalue weighted by Gasteiger charge is 2.25. The van der Waals surface area contributed by atoms with Crippen LogP contribution in [0.1, 0.15) is 23.0 Å². The highest BCUT2D eigenvalue weighted by molar-refractivity contribution is 7.13. The summed E-state index contributed by atoms with van der Waals surface area (Å²) in [6, 6.07) is 18.4. The minimum atomic E-state index is -0.172. The standard InChI is InChI=1S/C28H25N3O4S/c1-4-35-18-10-8-17(9-11-18)27(32)26-25(29)24(22-7-5-6-14-31(22)26)28-30-21(16-36-28)20-15-19(33-2)12-13-23(20)34-3/h5-16H,4,29H2,1-3H3. The van der Waals surface area contributed by atoms with E-state index < -0.39 is 0 Å². The number of nitrogen functional groups attached to an aromatic ring is 1. The number of carbonyl (C=O) groups excluding carboxylic acids is 1. The number of nitrogens with zero attached hydrogens (tertiary/aromatic N) is 2. The van der Waals surface area contributed by atoms with Crippen LogP contribution in [-0.4, -0.2) is 36.0 Å². The zero-order chi connectivity index (χ0) is 25.2. The lowest BCUT2D eigenvalue weighted by Crippen LogP contribution is -2.08. The fourth-order valence-corrected chi connectivity index (χ4v) is 5.10. The van der Waals surface area contributed by atoms with E-state index in [2.05, 4.69) is 0 Å². The number of pyridine rings is 1. The molecule has 7 nitrogen and oxygen atoms in total. The predicted octanol–water partition coefficient (Wildman–Crippen LogP) is 5.96. The van der Waals surface area contributed by atoms with Crippen LogP contribution in [0, 0.1) is 0 Å².